The van der Waals surface area contributed by atoms with Crippen LogP contribution in [-0.4, -0.2) is 107 Å². The molecule has 2 aliphatic carbocycles. The van der Waals surface area contributed by atoms with Crippen LogP contribution in [0.1, 0.15) is 163 Å². The molecule has 0 aromatic carbocycles. The van der Waals surface area contributed by atoms with Crippen LogP contribution in [0.15, 0.2) is 9.05 Å². The fraction of sp³-hybridized carbons (Fsp3) is 0.833. The third kappa shape index (κ3) is 13.0. The van der Waals surface area contributed by atoms with Crippen molar-refractivity contribution in [3.8, 4) is 0 Å². The normalized spacial score (nSPS) is 20.9. The third-order valence-corrected chi connectivity index (χ3v) is 14.2. The molecule has 0 unspecified atom stereocenters. The molecule has 0 bridgehead atoms. The molecule has 4 heterocycles. The molecule has 19 heteroatoms. The monoisotopic (exact) mass is 813 g/mol. The van der Waals surface area contributed by atoms with Crippen molar-refractivity contribution in [3.05, 3.63) is 23.4 Å². The van der Waals surface area contributed by atoms with E-state index in [-0.39, 0.29) is 36.5 Å². The van der Waals surface area contributed by atoms with Crippen LogP contribution in [-0.2, 0) is 29.6 Å². The maximum Gasteiger partial charge on any atom is 0.304 e. The highest BCUT2D eigenvalue weighted by Gasteiger charge is 2.39. The van der Waals surface area contributed by atoms with Crippen molar-refractivity contribution in [3.63, 3.8) is 0 Å². The van der Waals surface area contributed by atoms with Crippen molar-refractivity contribution in [1.82, 2.24) is 34.4 Å². The average molecular weight is 814 g/mol. The summed E-state index contributed by atoms with van der Waals surface area (Å²) in [5.74, 6) is 1.21. The molecule has 1 amide bonds. The number of hydrogen-bond acceptors (Lipinski definition) is 13. The summed E-state index contributed by atoms with van der Waals surface area (Å²) in [6, 6.07) is 0. The molecule has 2 aromatic rings. The van der Waals surface area contributed by atoms with Crippen molar-refractivity contribution >= 4 is 31.9 Å². The minimum absolute atomic E-state index is 0.0214. The highest BCUT2D eigenvalue weighted by Crippen LogP contribution is 2.35. The lowest BCUT2D eigenvalue weighted by atomic mass is 9.84. The fourth-order valence-electron chi connectivity index (χ4n) is 8.27. The van der Waals surface area contributed by atoms with Crippen LogP contribution < -0.4 is 5.48 Å². The number of nitrogens with zero attached hydrogens (tertiary/aromatic N) is 6. The minimum atomic E-state index is -3.19. The summed E-state index contributed by atoms with van der Waals surface area (Å²) >= 11 is 0. The number of carbonyl (C=O) groups is 2. The van der Waals surface area contributed by atoms with Crippen molar-refractivity contribution in [1.29, 1.82) is 0 Å². The predicted octanol–water partition coefficient (Wildman–Crippen LogP) is 4.90. The largest absolute Gasteiger partial charge is 0.481 e. The van der Waals surface area contributed by atoms with E-state index >= 15 is 0 Å². The van der Waals surface area contributed by atoms with Crippen molar-refractivity contribution in [2.75, 3.05) is 38.7 Å². The van der Waals surface area contributed by atoms with Gasteiger partial charge in [0.25, 0.3) is 0 Å². The number of carboxylic acids is 1. The second-order valence-corrected chi connectivity index (χ2v) is 20.1. The summed E-state index contributed by atoms with van der Waals surface area (Å²) < 4.78 is 59.4. The first-order valence-corrected chi connectivity index (χ1v) is 23.6. The lowest BCUT2D eigenvalue weighted by molar-refractivity contribution is -0.137. The molecule has 3 N–H and O–H groups in total. The van der Waals surface area contributed by atoms with Gasteiger partial charge in [-0.1, -0.05) is 100 Å². The maximum absolute atomic E-state index is 11.7. The van der Waals surface area contributed by atoms with Crippen LogP contribution in [0.4, 0.5) is 0 Å². The lowest BCUT2D eigenvalue weighted by Crippen LogP contribution is -2.48. The van der Waals surface area contributed by atoms with Gasteiger partial charge in [-0.15, -0.1) is 0 Å². The van der Waals surface area contributed by atoms with Crippen LogP contribution in [0, 0.1) is 11.8 Å². The second kappa shape index (κ2) is 19.9. The first-order valence-electron chi connectivity index (χ1n) is 19.9. The van der Waals surface area contributed by atoms with E-state index in [2.05, 4.69) is 20.3 Å². The summed E-state index contributed by atoms with van der Waals surface area (Å²) in [5.41, 5.74) is 1.68. The molecular weight excluding hydrogens is 755 g/mol. The Kier molecular flexibility index (Phi) is 15.6. The van der Waals surface area contributed by atoms with Gasteiger partial charge in [0, 0.05) is 44.4 Å². The van der Waals surface area contributed by atoms with Gasteiger partial charge in [-0.25, -0.2) is 30.9 Å². The first-order chi connectivity index (χ1) is 26.2. The molecule has 2 aromatic heterocycles. The summed E-state index contributed by atoms with van der Waals surface area (Å²) in [6.45, 7) is 1.40. The number of carboxylic acid groups (broad SMARTS) is 1. The molecule has 4 aliphatic rings. The van der Waals surface area contributed by atoms with Crippen LogP contribution in [0.5, 0.6) is 0 Å². The zero-order valence-electron chi connectivity index (χ0n) is 32.2. The summed E-state index contributed by atoms with van der Waals surface area (Å²) in [5, 5.41) is 26.1. The van der Waals surface area contributed by atoms with Gasteiger partial charge in [-0.2, -0.15) is 9.97 Å². The topological polar surface area (TPSA) is 239 Å². The van der Waals surface area contributed by atoms with Crippen LogP contribution in [0.25, 0.3) is 0 Å². The van der Waals surface area contributed by atoms with Gasteiger partial charge < -0.3 is 14.2 Å². The molecule has 2 saturated heterocycles. The number of hydrogen-bond donors (Lipinski definition) is 3. The molecule has 6 rings (SSSR count). The number of rotatable bonds is 18. The molecule has 310 valence electrons. The zero-order chi connectivity index (χ0) is 39.6. The number of carbonyl (C=O) groups excluding carboxylic acids is 1. The Hall–Kier alpha value is -3.00. The Labute approximate surface area is 324 Å². The number of aromatic nitrogens is 4. The van der Waals surface area contributed by atoms with E-state index in [0.717, 1.165) is 50.4 Å². The highest BCUT2D eigenvalue weighted by molar-refractivity contribution is 7.88. The SMILES string of the molecule is CS(=O)(=O)N1CC(c2noc([C@H](CCCC3CCCCC3)CC(=O)NO)n2)C1.CS(=O)(=O)N1CC(c2noc([C@H](CCCC3CCCCC3)CC(=O)O)n2)C1. The minimum Gasteiger partial charge on any atom is -0.481 e. The van der Waals surface area contributed by atoms with Gasteiger partial charge in [-0.3, -0.25) is 14.8 Å². The van der Waals surface area contributed by atoms with E-state index in [1.54, 1.807) is 5.48 Å². The van der Waals surface area contributed by atoms with Crippen molar-refractivity contribution in [2.24, 2.45) is 11.8 Å². The summed E-state index contributed by atoms with van der Waals surface area (Å²) in [7, 11) is -6.38. The quantitative estimate of drug-likeness (QED) is 0.134. The third-order valence-electron chi connectivity index (χ3n) is 11.7. The first kappa shape index (κ1) is 43.1. The maximum atomic E-state index is 11.7. The molecule has 0 spiro atoms. The smallest absolute Gasteiger partial charge is 0.304 e. The molecular formula is C36H59N7O10S2. The molecule has 17 nitrogen and oxygen atoms in total. The van der Waals surface area contributed by atoms with Gasteiger partial charge in [0.15, 0.2) is 11.6 Å². The Balaban J connectivity index is 0.000000211. The van der Waals surface area contributed by atoms with Gasteiger partial charge in [0.05, 0.1) is 30.8 Å². The predicted molar refractivity (Wildman–Crippen MR) is 200 cm³/mol. The van der Waals surface area contributed by atoms with E-state index in [4.69, 9.17) is 14.3 Å². The number of sulfonamides is 2. The Morgan fingerprint density at radius 1 is 0.709 bits per heavy atom. The van der Waals surface area contributed by atoms with Crippen molar-refractivity contribution < 1.29 is 45.8 Å². The fourth-order valence-corrected chi connectivity index (χ4v) is 10.1. The lowest BCUT2D eigenvalue weighted by Gasteiger charge is -2.34. The van der Waals surface area contributed by atoms with E-state index in [1.165, 1.54) is 85.3 Å². The van der Waals surface area contributed by atoms with E-state index in [9.17, 15) is 31.5 Å². The van der Waals surface area contributed by atoms with Gasteiger partial charge in [0.2, 0.25) is 37.7 Å². The van der Waals surface area contributed by atoms with Crippen LogP contribution in [0.3, 0.4) is 0 Å². The van der Waals surface area contributed by atoms with Gasteiger partial charge >= 0.3 is 5.97 Å². The molecule has 55 heavy (non-hydrogen) atoms. The Morgan fingerprint density at radius 2 is 1.11 bits per heavy atom. The standard InChI is InChI=1S/C18H30N4O5S.C18H29N3O5S/c1-28(25,26)22-11-15(12-22)17-19-18(27-21-17)14(10-16(23)20-24)9-5-8-13-6-3-2-4-7-13;1-27(24,25)21-11-15(12-21)17-19-18(26-20-17)14(10-16(22)23)9-5-8-13-6-3-2-4-7-13/h13-15,24H,2-12H2,1H3,(H,20,23);13-15H,2-12H2,1H3,(H,22,23)/t2*14-/m11/s1. The molecule has 2 aliphatic heterocycles. The van der Waals surface area contributed by atoms with Crippen LogP contribution in [0.2, 0.25) is 0 Å². The number of hydroxylamine groups is 1. The second-order valence-electron chi connectivity index (χ2n) is 16.1. The van der Waals surface area contributed by atoms with Gasteiger partial charge in [0.1, 0.15) is 0 Å². The van der Waals surface area contributed by atoms with E-state index in [1.807, 2.05) is 0 Å². The highest BCUT2D eigenvalue weighted by atomic mass is 32.2. The van der Waals surface area contributed by atoms with Gasteiger partial charge in [-0.05, 0) is 24.7 Å². The number of nitrogens with one attached hydrogen (secondary N) is 1. The number of aliphatic carboxylic acids is 1. The molecule has 0 radical (unpaired) electrons. The Morgan fingerprint density at radius 3 is 1.47 bits per heavy atom. The van der Waals surface area contributed by atoms with Crippen molar-refractivity contribution in [2.45, 2.75) is 139 Å². The van der Waals surface area contributed by atoms with E-state index < -0.39 is 31.9 Å². The van der Waals surface area contributed by atoms with E-state index in [0.29, 0.717) is 49.6 Å². The Bertz CT molecular complexity index is 1740. The molecule has 2 saturated carbocycles. The molecule has 2 atom stereocenters. The summed E-state index contributed by atoms with van der Waals surface area (Å²) in [4.78, 5) is 31.8. The number of amides is 1. The molecule has 4 fully saturated rings. The average Bonchev–Trinajstić information content (AvgIpc) is 3.77. The van der Waals surface area contributed by atoms with Crippen LogP contribution >= 0.6 is 0 Å². The zero-order valence-corrected chi connectivity index (χ0v) is 33.8. The summed E-state index contributed by atoms with van der Waals surface area (Å²) in [6.07, 6.45) is 21.1.